The first-order valence-corrected chi connectivity index (χ1v) is 12.4. The maximum absolute atomic E-state index is 13.0. The summed E-state index contributed by atoms with van der Waals surface area (Å²) < 4.78 is 11.5. The van der Waals surface area contributed by atoms with Gasteiger partial charge in [0.05, 0.1) is 19.8 Å². The molecule has 2 aromatic carbocycles. The minimum atomic E-state index is -0.628. The zero-order valence-corrected chi connectivity index (χ0v) is 19.8. The van der Waals surface area contributed by atoms with Crippen LogP contribution in [0.4, 0.5) is 0 Å². The summed E-state index contributed by atoms with van der Waals surface area (Å²) in [5.74, 6) is -0.237. The molecule has 8 nitrogen and oxygen atoms in total. The number of benzene rings is 2. The predicted octanol–water partition coefficient (Wildman–Crippen LogP) is 2.29. The summed E-state index contributed by atoms with van der Waals surface area (Å²) >= 11 is 0. The third-order valence-corrected chi connectivity index (χ3v) is 7.00. The van der Waals surface area contributed by atoms with Gasteiger partial charge in [0.2, 0.25) is 11.8 Å². The summed E-state index contributed by atoms with van der Waals surface area (Å²) in [5.41, 5.74) is 3.73. The van der Waals surface area contributed by atoms with Crippen molar-refractivity contribution in [1.82, 2.24) is 15.1 Å². The van der Waals surface area contributed by atoms with Crippen LogP contribution in [0.5, 0.6) is 5.75 Å². The number of amides is 3. The molecule has 0 saturated carbocycles. The molecule has 0 bridgehead atoms. The molecule has 3 heterocycles. The van der Waals surface area contributed by atoms with Crippen molar-refractivity contribution in [1.29, 1.82) is 0 Å². The van der Waals surface area contributed by atoms with E-state index in [1.165, 1.54) is 5.56 Å². The van der Waals surface area contributed by atoms with Crippen LogP contribution in [-0.2, 0) is 33.9 Å². The standard InChI is InChI=1S/C27H31N3O5/c31-25-11-10-23(26(32)28-25)30-17-22-21(27(30)33)4-1-5-24(22)35-18-20-8-6-19(7-9-20)3-2-12-29-13-15-34-16-14-29/h1,4-9,23H,2-3,10-18H2,(H,28,31,32). The molecule has 1 atom stereocenters. The van der Waals surface area contributed by atoms with Crippen LogP contribution in [0, 0.1) is 0 Å². The molecule has 35 heavy (non-hydrogen) atoms. The molecule has 0 spiro atoms. The fourth-order valence-electron chi connectivity index (χ4n) is 4.99. The SMILES string of the molecule is O=C1CCC(N2Cc3c(OCc4ccc(CCCN5CCOCC5)cc4)cccc3C2=O)C(=O)N1. The van der Waals surface area contributed by atoms with Crippen molar-refractivity contribution in [2.75, 3.05) is 32.8 Å². The highest BCUT2D eigenvalue weighted by Crippen LogP contribution is 2.34. The Morgan fingerprint density at radius 3 is 2.54 bits per heavy atom. The number of hydrogen-bond donors (Lipinski definition) is 1. The van der Waals surface area contributed by atoms with Gasteiger partial charge < -0.3 is 14.4 Å². The summed E-state index contributed by atoms with van der Waals surface area (Å²) in [5, 5.41) is 2.34. The Bertz CT molecular complexity index is 1090. The first-order valence-electron chi connectivity index (χ1n) is 12.4. The maximum Gasteiger partial charge on any atom is 0.255 e. The number of nitrogens with one attached hydrogen (secondary N) is 1. The maximum atomic E-state index is 13.0. The van der Waals surface area contributed by atoms with Gasteiger partial charge in [-0.2, -0.15) is 0 Å². The number of carbonyl (C=O) groups is 3. The Morgan fingerprint density at radius 1 is 1.00 bits per heavy atom. The van der Waals surface area contributed by atoms with E-state index in [0.29, 0.717) is 30.9 Å². The van der Waals surface area contributed by atoms with Crippen LogP contribution in [-0.4, -0.2) is 66.4 Å². The van der Waals surface area contributed by atoms with Gasteiger partial charge in [-0.3, -0.25) is 24.6 Å². The van der Waals surface area contributed by atoms with Crippen molar-refractivity contribution < 1.29 is 23.9 Å². The van der Waals surface area contributed by atoms with Crippen molar-refractivity contribution in [2.24, 2.45) is 0 Å². The smallest absolute Gasteiger partial charge is 0.255 e. The molecule has 3 aliphatic heterocycles. The first kappa shape index (κ1) is 23.5. The monoisotopic (exact) mass is 477 g/mol. The van der Waals surface area contributed by atoms with E-state index in [1.54, 1.807) is 17.0 Å². The van der Waals surface area contributed by atoms with E-state index < -0.39 is 11.9 Å². The van der Waals surface area contributed by atoms with Gasteiger partial charge in [-0.25, -0.2) is 0 Å². The molecule has 5 rings (SSSR count). The molecular weight excluding hydrogens is 446 g/mol. The number of carbonyl (C=O) groups excluding carboxylic acids is 3. The van der Waals surface area contributed by atoms with E-state index in [9.17, 15) is 14.4 Å². The second kappa shape index (κ2) is 10.6. The lowest BCUT2D eigenvalue weighted by Crippen LogP contribution is -2.52. The van der Waals surface area contributed by atoms with Crippen LogP contribution in [0.25, 0.3) is 0 Å². The number of nitrogens with zero attached hydrogens (tertiary/aromatic N) is 2. The molecule has 3 aliphatic rings. The van der Waals surface area contributed by atoms with Gasteiger partial charge in [-0.15, -0.1) is 0 Å². The first-order chi connectivity index (χ1) is 17.1. The van der Waals surface area contributed by atoms with Crippen molar-refractivity contribution in [3.8, 4) is 5.75 Å². The number of hydrogen-bond acceptors (Lipinski definition) is 6. The zero-order valence-electron chi connectivity index (χ0n) is 19.8. The highest BCUT2D eigenvalue weighted by Gasteiger charge is 2.40. The molecule has 0 aliphatic carbocycles. The number of fused-ring (bicyclic) bond motifs is 1. The molecule has 2 saturated heterocycles. The Morgan fingerprint density at radius 2 is 1.77 bits per heavy atom. The second-order valence-corrected chi connectivity index (χ2v) is 9.34. The third kappa shape index (κ3) is 5.39. The fourth-order valence-corrected chi connectivity index (χ4v) is 4.99. The molecule has 1 unspecified atom stereocenters. The molecule has 8 heteroatoms. The van der Waals surface area contributed by atoms with Crippen molar-refractivity contribution >= 4 is 17.7 Å². The molecule has 0 aromatic heterocycles. The Kier molecular flexibility index (Phi) is 7.11. The average Bonchev–Trinajstić information content (AvgIpc) is 3.21. The minimum absolute atomic E-state index is 0.193. The van der Waals surface area contributed by atoms with Gasteiger partial charge in [0.25, 0.3) is 5.91 Å². The highest BCUT2D eigenvalue weighted by molar-refractivity contribution is 6.05. The lowest BCUT2D eigenvalue weighted by Gasteiger charge is -2.29. The molecule has 2 fully saturated rings. The number of morpholine rings is 1. The average molecular weight is 478 g/mol. The fraction of sp³-hybridized carbons (Fsp3) is 0.444. The van der Waals surface area contributed by atoms with Crippen molar-refractivity contribution in [3.05, 3.63) is 64.7 Å². The van der Waals surface area contributed by atoms with E-state index in [4.69, 9.17) is 9.47 Å². The lowest BCUT2D eigenvalue weighted by molar-refractivity contribution is -0.136. The summed E-state index contributed by atoms with van der Waals surface area (Å²) in [7, 11) is 0. The lowest BCUT2D eigenvalue weighted by atomic mass is 10.0. The zero-order chi connectivity index (χ0) is 24.2. The van der Waals surface area contributed by atoms with E-state index >= 15 is 0 Å². The Hall–Kier alpha value is -3.23. The summed E-state index contributed by atoms with van der Waals surface area (Å²) in [6.45, 7) is 5.52. The number of rotatable bonds is 8. The van der Waals surface area contributed by atoms with E-state index in [1.807, 2.05) is 6.07 Å². The van der Waals surface area contributed by atoms with Crippen LogP contribution in [0.3, 0.4) is 0 Å². The minimum Gasteiger partial charge on any atom is -0.489 e. The van der Waals surface area contributed by atoms with Crippen molar-refractivity contribution in [2.45, 2.75) is 44.9 Å². The van der Waals surface area contributed by atoms with Crippen molar-refractivity contribution in [3.63, 3.8) is 0 Å². The molecule has 3 amide bonds. The van der Waals surface area contributed by atoms with Gasteiger partial charge in [-0.1, -0.05) is 30.3 Å². The van der Waals surface area contributed by atoms with Crippen LogP contribution < -0.4 is 10.1 Å². The predicted molar refractivity (Wildman–Crippen MR) is 129 cm³/mol. The van der Waals surface area contributed by atoms with Gasteiger partial charge in [-0.05, 0) is 49.1 Å². The summed E-state index contributed by atoms with van der Waals surface area (Å²) in [6, 6.07) is 13.3. The highest BCUT2D eigenvalue weighted by atomic mass is 16.5. The second-order valence-electron chi connectivity index (χ2n) is 9.34. The molecule has 2 aromatic rings. The largest absolute Gasteiger partial charge is 0.489 e. The number of imide groups is 1. The molecule has 184 valence electrons. The quantitative estimate of drug-likeness (QED) is 0.587. The number of piperidine rings is 1. The van der Waals surface area contributed by atoms with Crippen LogP contribution in [0.1, 0.15) is 46.3 Å². The van der Waals surface area contributed by atoms with Gasteiger partial charge in [0, 0.05) is 30.6 Å². The van der Waals surface area contributed by atoms with E-state index in [-0.39, 0.29) is 18.2 Å². The Labute approximate surface area is 205 Å². The van der Waals surface area contributed by atoms with Crippen LogP contribution in [0.2, 0.25) is 0 Å². The van der Waals surface area contributed by atoms with Gasteiger partial charge >= 0.3 is 0 Å². The van der Waals surface area contributed by atoms with Gasteiger partial charge in [0.15, 0.2) is 0 Å². The topological polar surface area (TPSA) is 88.2 Å². The van der Waals surface area contributed by atoms with Crippen LogP contribution in [0.15, 0.2) is 42.5 Å². The van der Waals surface area contributed by atoms with Gasteiger partial charge in [0.1, 0.15) is 18.4 Å². The molecule has 0 radical (unpaired) electrons. The van der Waals surface area contributed by atoms with Crippen LogP contribution >= 0.6 is 0 Å². The normalized spacial score (nSPS) is 20.6. The Balaban J connectivity index is 1.16. The number of aryl methyl sites for hydroxylation is 1. The van der Waals surface area contributed by atoms with E-state index in [0.717, 1.165) is 56.8 Å². The van der Waals surface area contributed by atoms with E-state index in [2.05, 4.69) is 34.5 Å². The third-order valence-electron chi connectivity index (χ3n) is 7.00. The molecular formula is C27H31N3O5. The molecule has 1 N–H and O–H groups in total. The number of ether oxygens (including phenoxy) is 2. The summed E-state index contributed by atoms with van der Waals surface area (Å²) in [4.78, 5) is 40.7. The summed E-state index contributed by atoms with van der Waals surface area (Å²) in [6.07, 6.45) is 2.76.